The van der Waals surface area contributed by atoms with Gasteiger partial charge in [0.1, 0.15) is 10.6 Å². The molecule has 0 saturated carbocycles. The number of aliphatic hydroxyl groups excluding tert-OH is 1. The minimum atomic E-state index is -3.70. The summed E-state index contributed by atoms with van der Waals surface area (Å²) in [5.41, 5.74) is 0.0839. The Kier molecular flexibility index (Phi) is 4.88. The van der Waals surface area contributed by atoms with Gasteiger partial charge >= 0.3 is 0 Å². The Balaban J connectivity index is 2.30. The summed E-state index contributed by atoms with van der Waals surface area (Å²) in [6.45, 7) is 2.79. The number of nitrogens with one attached hydrogen (secondary N) is 1. The van der Waals surface area contributed by atoms with Crippen molar-refractivity contribution in [1.29, 1.82) is 0 Å². The van der Waals surface area contributed by atoms with Crippen LogP contribution in [-0.4, -0.2) is 39.4 Å². The molecular formula is C14H21NO5S. The van der Waals surface area contributed by atoms with Crippen molar-refractivity contribution in [2.45, 2.75) is 36.8 Å². The van der Waals surface area contributed by atoms with Crippen molar-refractivity contribution in [3.63, 3.8) is 0 Å². The molecule has 0 radical (unpaired) electrons. The molecule has 21 heavy (non-hydrogen) atoms. The quantitative estimate of drug-likeness (QED) is 0.848. The van der Waals surface area contributed by atoms with Crippen LogP contribution in [0.3, 0.4) is 0 Å². The summed E-state index contributed by atoms with van der Waals surface area (Å²) >= 11 is 0. The van der Waals surface area contributed by atoms with Gasteiger partial charge in [-0.2, -0.15) is 0 Å². The van der Waals surface area contributed by atoms with Crippen LogP contribution >= 0.6 is 0 Å². The van der Waals surface area contributed by atoms with Crippen molar-refractivity contribution in [3.05, 3.63) is 23.8 Å². The van der Waals surface area contributed by atoms with E-state index in [4.69, 9.17) is 14.6 Å². The molecule has 2 N–H and O–H groups in total. The van der Waals surface area contributed by atoms with Gasteiger partial charge in [-0.3, -0.25) is 0 Å². The fourth-order valence-corrected chi connectivity index (χ4v) is 3.95. The lowest BCUT2D eigenvalue weighted by molar-refractivity contribution is 0.0537. The second-order valence-electron chi connectivity index (χ2n) is 5.42. The Morgan fingerprint density at radius 2 is 2.05 bits per heavy atom. The molecule has 0 spiro atoms. The molecule has 0 unspecified atom stereocenters. The Hall–Kier alpha value is -1.15. The first-order valence-corrected chi connectivity index (χ1v) is 8.28. The topological polar surface area (TPSA) is 84.9 Å². The first-order chi connectivity index (χ1) is 9.90. The van der Waals surface area contributed by atoms with Gasteiger partial charge in [0.05, 0.1) is 13.7 Å². The molecule has 1 heterocycles. The lowest BCUT2D eigenvalue weighted by atomic mass is 9.94. The summed E-state index contributed by atoms with van der Waals surface area (Å²) < 4.78 is 38.3. The number of ether oxygens (including phenoxy) is 2. The highest BCUT2D eigenvalue weighted by Gasteiger charge is 2.33. The van der Waals surface area contributed by atoms with E-state index in [9.17, 15) is 8.42 Å². The lowest BCUT2D eigenvalue weighted by Crippen LogP contribution is -2.49. The van der Waals surface area contributed by atoms with Crippen LogP contribution in [0.15, 0.2) is 23.1 Å². The molecule has 2 rings (SSSR count). The normalized spacial score (nSPS) is 18.4. The van der Waals surface area contributed by atoms with E-state index in [1.807, 2.05) is 6.92 Å². The summed E-state index contributed by atoms with van der Waals surface area (Å²) in [6, 6.07) is 4.56. The van der Waals surface area contributed by atoms with E-state index in [0.717, 1.165) is 0 Å². The van der Waals surface area contributed by atoms with Crippen LogP contribution in [0.2, 0.25) is 0 Å². The predicted molar refractivity (Wildman–Crippen MR) is 77.7 cm³/mol. The molecule has 1 saturated heterocycles. The molecule has 1 aromatic carbocycles. The molecule has 6 nitrogen and oxygen atoms in total. The van der Waals surface area contributed by atoms with Crippen LogP contribution < -0.4 is 9.46 Å². The monoisotopic (exact) mass is 315 g/mol. The van der Waals surface area contributed by atoms with Crippen LogP contribution in [0, 0.1) is 0 Å². The van der Waals surface area contributed by atoms with Crippen molar-refractivity contribution < 1.29 is 23.0 Å². The number of methoxy groups -OCH3 is 1. The van der Waals surface area contributed by atoms with E-state index in [1.54, 1.807) is 6.07 Å². The Morgan fingerprint density at radius 3 is 2.62 bits per heavy atom. The second-order valence-corrected chi connectivity index (χ2v) is 7.07. The van der Waals surface area contributed by atoms with Crippen LogP contribution in [0.25, 0.3) is 0 Å². The maximum Gasteiger partial charge on any atom is 0.244 e. The van der Waals surface area contributed by atoms with Crippen LogP contribution in [0.4, 0.5) is 0 Å². The Labute approximate surface area is 125 Å². The first kappa shape index (κ1) is 16.2. The van der Waals surface area contributed by atoms with E-state index >= 15 is 0 Å². The maximum absolute atomic E-state index is 12.6. The van der Waals surface area contributed by atoms with Crippen molar-refractivity contribution in [2.75, 3.05) is 20.3 Å². The van der Waals surface area contributed by atoms with Gasteiger partial charge in [-0.25, -0.2) is 13.1 Å². The number of rotatable bonds is 5. The lowest BCUT2D eigenvalue weighted by Gasteiger charge is -2.34. The average molecular weight is 315 g/mol. The molecule has 1 aliphatic heterocycles. The predicted octanol–water partition coefficient (Wildman–Crippen LogP) is 1.03. The summed E-state index contributed by atoms with van der Waals surface area (Å²) in [6.07, 6.45) is 1.26. The van der Waals surface area contributed by atoms with Gasteiger partial charge in [-0.15, -0.1) is 0 Å². The van der Waals surface area contributed by atoms with Gasteiger partial charge in [-0.1, -0.05) is 6.07 Å². The fraction of sp³-hybridized carbons (Fsp3) is 0.571. The number of sulfonamides is 1. The van der Waals surface area contributed by atoms with E-state index in [1.165, 1.54) is 19.2 Å². The van der Waals surface area contributed by atoms with Crippen molar-refractivity contribution in [1.82, 2.24) is 4.72 Å². The fourth-order valence-electron chi connectivity index (χ4n) is 2.34. The zero-order valence-corrected chi connectivity index (χ0v) is 13.1. The van der Waals surface area contributed by atoms with Gasteiger partial charge in [0.2, 0.25) is 10.0 Å². The largest absolute Gasteiger partial charge is 0.495 e. The zero-order valence-electron chi connectivity index (χ0n) is 12.3. The van der Waals surface area contributed by atoms with E-state index in [2.05, 4.69) is 4.72 Å². The molecule has 0 aliphatic carbocycles. The highest BCUT2D eigenvalue weighted by Crippen LogP contribution is 2.28. The molecule has 0 aromatic heterocycles. The van der Waals surface area contributed by atoms with E-state index in [-0.39, 0.29) is 17.3 Å². The number of hydrogen-bond acceptors (Lipinski definition) is 5. The maximum atomic E-state index is 12.6. The Bertz CT molecular complexity index is 593. The second kappa shape index (κ2) is 6.31. The highest BCUT2D eigenvalue weighted by molar-refractivity contribution is 7.89. The van der Waals surface area contributed by atoms with Crippen LogP contribution in [0.1, 0.15) is 25.3 Å². The third kappa shape index (κ3) is 3.74. The minimum Gasteiger partial charge on any atom is -0.495 e. The smallest absolute Gasteiger partial charge is 0.244 e. The van der Waals surface area contributed by atoms with E-state index < -0.39 is 15.6 Å². The van der Waals surface area contributed by atoms with Crippen LogP contribution in [-0.2, 0) is 21.4 Å². The van der Waals surface area contributed by atoms with Crippen molar-refractivity contribution >= 4 is 10.0 Å². The SMILES string of the molecule is COc1cc(CO)ccc1S(=O)(=O)NC1(C)CCOCC1. The van der Waals surface area contributed by atoms with Gasteiger partial charge in [0, 0.05) is 18.8 Å². The molecule has 0 atom stereocenters. The Morgan fingerprint density at radius 1 is 1.38 bits per heavy atom. The molecule has 7 heteroatoms. The summed E-state index contributed by atoms with van der Waals surface area (Å²) in [7, 11) is -2.29. The van der Waals surface area contributed by atoms with Gasteiger partial charge in [-0.05, 0) is 37.5 Å². The molecule has 1 aromatic rings. The minimum absolute atomic E-state index is 0.0786. The van der Waals surface area contributed by atoms with Gasteiger partial charge < -0.3 is 14.6 Å². The third-order valence-electron chi connectivity index (χ3n) is 3.68. The molecule has 1 fully saturated rings. The summed E-state index contributed by atoms with van der Waals surface area (Å²) in [5.74, 6) is 0.227. The number of benzene rings is 1. The zero-order chi connectivity index (χ0) is 15.5. The standard InChI is InChI=1S/C14H21NO5S/c1-14(5-7-20-8-6-14)15-21(17,18)13-4-3-11(10-16)9-12(13)19-2/h3-4,9,15-16H,5-8,10H2,1-2H3. The third-order valence-corrected chi connectivity index (χ3v) is 5.36. The van der Waals surface area contributed by atoms with Gasteiger partial charge in [0.25, 0.3) is 0 Å². The molecule has 0 amide bonds. The molecule has 0 bridgehead atoms. The number of hydrogen-bond donors (Lipinski definition) is 2. The first-order valence-electron chi connectivity index (χ1n) is 6.80. The molecule has 1 aliphatic rings. The summed E-state index contributed by atoms with van der Waals surface area (Å²) in [5, 5.41) is 9.12. The van der Waals surface area contributed by atoms with Crippen molar-refractivity contribution in [3.8, 4) is 5.75 Å². The van der Waals surface area contributed by atoms with Crippen LogP contribution in [0.5, 0.6) is 5.75 Å². The number of aliphatic hydroxyl groups is 1. The average Bonchev–Trinajstić information content (AvgIpc) is 2.46. The molecule has 118 valence electrons. The van der Waals surface area contributed by atoms with Crippen molar-refractivity contribution in [2.24, 2.45) is 0 Å². The highest BCUT2D eigenvalue weighted by atomic mass is 32.2. The van der Waals surface area contributed by atoms with E-state index in [0.29, 0.717) is 31.6 Å². The van der Waals surface area contributed by atoms with Gasteiger partial charge in [0.15, 0.2) is 0 Å². The molecular weight excluding hydrogens is 294 g/mol. The summed E-state index contributed by atoms with van der Waals surface area (Å²) in [4.78, 5) is 0.0786.